The molecule has 3 aromatic rings. The number of halogens is 2. The topological polar surface area (TPSA) is 25.2 Å². The summed E-state index contributed by atoms with van der Waals surface area (Å²) in [7, 11) is 1.94. The van der Waals surface area contributed by atoms with E-state index in [1.54, 1.807) is 0 Å². The zero-order chi connectivity index (χ0) is 15.0. The molecule has 0 bridgehead atoms. The van der Waals surface area contributed by atoms with Gasteiger partial charge in [0.25, 0.3) is 0 Å². The second kappa shape index (κ2) is 5.95. The Morgan fingerprint density at radius 2 is 1.86 bits per heavy atom. The summed E-state index contributed by atoms with van der Waals surface area (Å²) in [5.74, 6) is 0.914. The lowest BCUT2D eigenvalue weighted by Gasteiger charge is -2.16. The molecule has 1 aromatic heterocycles. The quantitative estimate of drug-likeness (QED) is 0.612. The van der Waals surface area contributed by atoms with Crippen LogP contribution in [0.4, 0.5) is 0 Å². The van der Waals surface area contributed by atoms with Crippen LogP contribution in [0.1, 0.15) is 22.9 Å². The van der Waals surface area contributed by atoms with Gasteiger partial charge in [0, 0.05) is 14.3 Å². The first-order valence-corrected chi connectivity index (χ1v) is 8.29. The van der Waals surface area contributed by atoms with Gasteiger partial charge in [0.1, 0.15) is 11.3 Å². The van der Waals surface area contributed by atoms with Crippen molar-refractivity contribution in [1.82, 2.24) is 5.32 Å². The van der Waals surface area contributed by atoms with Gasteiger partial charge in [-0.15, -0.1) is 0 Å². The highest BCUT2D eigenvalue weighted by atomic mass is 79.9. The molecule has 21 heavy (non-hydrogen) atoms. The van der Waals surface area contributed by atoms with Crippen LogP contribution >= 0.6 is 31.9 Å². The molecule has 4 heteroatoms. The van der Waals surface area contributed by atoms with Crippen LogP contribution in [0.15, 0.2) is 55.8 Å². The van der Waals surface area contributed by atoms with E-state index in [2.05, 4.69) is 68.4 Å². The minimum atomic E-state index is 0.00424. The lowest BCUT2D eigenvalue weighted by atomic mass is 10.0. The highest BCUT2D eigenvalue weighted by molar-refractivity contribution is 9.11. The standard InChI is InChI=1S/C17H15Br2NO/c1-10-3-6-15-11(7-10)8-16(21-15)17(20-2)13-9-12(18)4-5-14(13)19/h3-9,17,20H,1-2H3. The van der Waals surface area contributed by atoms with Crippen molar-refractivity contribution >= 4 is 42.8 Å². The van der Waals surface area contributed by atoms with Gasteiger partial charge in [-0.3, -0.25) is 0 Å². The van der Waals surface area contributed by atoms with Crippen molar-refractivity contribution in [3.8, 4) is 0 Å². The Morgan fingerprint density at radius 1 is 1.05 bits per heavy atom. The van der Waals surface area contributed by atoms with E-state index in [4.69, 9.17) is 4.42 Å². The second-order valence-corrected chi connectivity index (χ2v) is 6.85. The predicted octanol–water partition coefficient (Wildman–Crippen LogP) is 5.58. The maximum atomic E-state index is 6.03. The molecule has 1 atom stereocenters. The molecule has 3 rings (SSSR count). The molecule has 2 aromatic carbocycles. The third-order valence-corrected chi connectivity index (χ3v) is 4.75. The highest BCUT2D eigenvalue weighted by Crippen LogP contribution is 2.33. The number of rotatable bonds is 3. The van der Waals surface area contributed by atoms with Gasteiger partial charge < -0.3 is 9.73 Å². The van der Waals surface area contributed by atoms with Gasteiger partial charge in [0.2, 0.25) is 0 Å². The summed E-state index contributed by atoms with van der Waals surface area (Å²) in [4.78, 5) is 0. The van der Waals surface area contributed by atoms with Crippen LogP contribution in [0.25, 0.3) is 11.0 Å². The van der Waals surface area contributed by atoms with Gasteiger partial charge in [-0.1, -0.05) is 43.5 Å². The largest absolute Gasteiger partial charge is 0.459 e. The van der Waals surface area contributed by atoms with E-state index in [-0.39, 0.29) is 6.04 Å². The number of benzene rings is 2. The third-order valence-electron chi connectivity index (χ3n) is 3.53. The fourth-order valence-electron chi connectivity index (χ4n) is 2.51. The number of fused-ring (bicyclic) bond motifs is 1. The number of hydrogen-bond acceptors (Lipinski definition) is 2. The van der Waals surface area contributed by atoms with Crippen molar-refractivity contribution in [1.29, 1.82) is 0 Å². The maximum Gasteiger partial charge on any atom is 0.134 e. The Morgan fingerprint density at radius 3 is 2.62 bits per heavy atom. The molecule has 1 heterocycles. The van der Waals surface area contributed by atoms with Crippen LogP contribution in [0, 0.1) is 6.92 Å². The van der Waals surface area contributed by atoms with E-state index in [0.717, 1.165) is 31.2 Å². The molecule has 0 radical (unpaired) electrons. The fourth-order valence-corrected chi connectivity index (χ4v) is 3.37. The first-order chi connectivity index (χ1) is 10.1. The molecule has 0 fully saturated rings. The molecule has 0 saturated heterocycles. The molecule has 0 amide bonds. The van der Waals surface area contributed by atoms with Gasteiger partial charge in [-0.25, -0.2) is 0 Å². The van der Waals surface area contributed by atoms with E-state index in [0.29, 0.717) is 0 Å². The zero-order valence-electron chi connectivity index (χ0n) is 11.8. The van der Waals surface area contributed by atoms with Gasteiger partial charge in [-0.05, 0) is 55.9 Å². The minimum absolute atomic E-state index is 0.00424. The minimum Gasteiger partial charge on any atom is -0.459 e. The SMILES string of the molecule is CNC(c1cc2cc(C)ccc2o1)c1cc(Br)ccc1Br. The van der Waals surface area contributed by atoms with Gasteiger partial charge >= 0.3 is 0 Å². The zero-order valence-corrected chi connectivity index (χ0v) is 15.0. The number of nitrogens with one attached hydrogen (secondary N) is 1. The normalized spacial score (nSPS) is 12.8. The molecular formula is C17H15Br2NO. The third kappa shape index (κ3) is 2.93. The van der Waals surface area contributed by atoms with E-state index in [1.165, 1.54) is 5.56 Å². The van der Waals surface area contributed by atoms with Crippen molar-refractivity contribution in [2.75, 3.05) is 7.05 Å². The Hall–Kier alpha value is -1.10. The average molecular weight is 409 g/mol. The Labute approximate surface area is 140 Å². The Balaban J connectivity index is 2.11. The molecule has 0 spiro atoms. The van der Waals surface area contributed by atoms with Crippen molar-refractivity contribution in [2.45, 2.75) is 13.0 Å². The van der Waals surface area contributed by atoms with Crippen molar-refractivity contribution in [3.05, 3.63) is 68.3 Å². The Kier molecular flexibility index (Phi) is 4.20. The first kappa shape index (κ1) is 14.8. The lowest BCUT2D eigenvalue weighted by Crippen LogP contribution is -2.17. The summed E-state index contributed by atoms with van der Waals surface area (Å²) in [6.07, 6.45) is 0. The molecule has 0 aliphatic heterocycles. The monoisotopic (exact) mass is 407 g/mol. The Bertz CT molecular complexity index is 795. The van der Waals surface area contributed by atoms with E-state index in [9.17, 15) is 0 Å². The lowest BCUT2D eigenvalue weighted by molar-refractivity contribution is 0.490. The molecule has 0 aliphatic carbocycles. The summed E-state index contributed by atoms with van der Waals surface area (Å²) in [5, 5.41) is 4.47. The summed E-state index contributed by atoms with van der Waals surface area (Å²) in [5.41, 5.74) is 3.30. The van der Waals surface area contributed by atoms with Crippen LogP contribution in [-0.2, 0) is 0 Å². The molecular weight excluding hydrogens is 394 g/mol. The molecule has 0 aliphatic rings. The van der Waals surface area contributed by atoms with Crippen LogP contribution in [0.2, 0.25) is 0 Å². The van der Waals surface area contributed by atoms with E-state index < -0.39 is 0 Å². The van der Waals surface area contributed by atoms with E-state index >= 15 is 0 Å². The van der Waals surface area contributed by atoms with Gasteiger partial charge in [0.05, 0.1) is 6.04 Å². The van der Waals surface area contributed by atoms with Crippen molar-refractivity contribution in [3.63, 3.8) is 0 Å². The van der Waals surface area contributed by atoms with Crippen LogP contribution in [0.5, 0.6) is 0 Å². The smallest absolute Gasteiger partial charge is 0.134 e. The van der Waals surface area contributed by atoms with Gasteiger partial charge in [-0.2, -0.15) is 0 Å². The highest BCUT2D eigenvalue weighted by Gasteiger charge is 2.19. The number of hydrogen-bond donors (Lipinski definition) is 1. The summed E-state index contributed by atoms with van der Waals surface area (Å²) < 4.78 is 8.13. The van der Waals surface area contributed by atoms with Crippen LogP contribution < -0.4 is 5.32 Å². The predicted molar refractivity (Wildman–Crippen MR) is 93.7 cm³/mol. The molecule has 1 unspecified atom stereocenters. The molecule has 108 valence electrons. The maximum absolute atomic E-state index is 6.03. The molecule has 1 N–H and O–H groups in total. The average Bonchev–Trinajstić information content (AvgIpc) is 2.86. The second-order valence-electron chi connectivity index (χ2n) is 5.08. The first-order valence-electron chi connectivity index (χ1n) is 6.71. The molecule has 0 saturated carbocycles. The van der Waals surface area contributed by atoms with Gasteiger partial charge in [0.15, 0.2) is 0 Å². The van der Waals surface area contributed by atoms with Crippen molar-refractivity contribution in [2.24, 2.45) is 0 Å². The van der Waals surface area contributed by atoms with Crippen molar-refractivity contribution < 1.29 is 4.42 Å². The number of aryl methyl sites for hydroxylation is 1. The molecule has 2 nitrogen and oxygen atoms in total. The number of furan rings is 1. The van der Waals surface area contributed by atoms with Crippen LogP contribution in [-0.4, -0.2) is 7.05 Å². The van der Waals surface area contributed by atoms with Crippen LogP contribution in [0.3, 0.4) is 0 Å². The van der Waals surface area contributed by atoms with E-state index in [1.807, 2.05) is 25.2 Å². The summed E-state index contributed by atoms with van der Waals surface area (Å²) in [6, 6.07) is 14.5. The summed E-state index contributed by atoms with van der Waals surface area (Å²) in [6.45, 7) is 2.09. The summed E-state index contributed by atoms with van der Waals surface area (Å²) >= 11 is 7.15. The fraction of sp³-hybridized carbons (Fsp3) is 0.176.